The van der Waals surface area contributed by atoms with E-state index >= 15 is 0 Å². The van der Waals surface area contributed by atoms with E-state index in [9.17, 15) is 25.9 Å². The Morgan fingerprint density at radius 3 is 2.27 bits per heavy atom. The minimum Gasteiger partial charge on any atom is -0.870 e. The lowest BCUT2D eigenvalue weighted by molar-refractivity contribution is -0.667. The average Bonchev–Trinajstić information content (AvgIpc) is 3.53. The van der Waals surface area contributed by atoms with Crippen molar-refractivity contribution in [2.24, 2.45) is 0 Å². The van der Waals surface area contributed by atoms with Gasteiger partial charge in [-0.1, -0.05) is 77.7 Å². The maximum Gasteiger partial charge on any atom is 0.265 e. The molecule has 0 aliphatic carbocycles. The highest BCUT2D eigenvalue weighted by atomic mass is 32.2. The van der Waals surface area contributed by atoms with Gasteiger partial charge < -0.3 is 10.8 Å². The summed E-state index contributed by atoms with van der Waals surface area (Å²) in [6, 6.07) is 22.4. The van der Waals surface area contributed by atoms with Crippen molar-refractivity contribution in [3.8, 4) is 0 Å². The van der Waals surface area contributed by atoms with Gasteiger partial charge in [-0.05, 0) is 53.5 Å². The van der Waals surface area contributed by atoms with Crippen molar-refractivity contribution in [1.82, 2.24) is 0 Å². The summed E-state index contributed by atoms with van der Waals surface area (Å²) in [7, 11) is -8.16. The summed E-state index contributed by atoms with van der Waals surface area (Å²) in [5, 5.41) is 9.72. The number of hydrogen-bond acceptors (Lipinski definition) is 8. The highest BCUT2D eigenvalue weighted by Crippen LogP contribution is 2.44. The lowest BCUT2D eigenvalue weighted by atomic mass is 10.00. The number of allylic oxidation sites excluding steroid dienone is 2. The van der Waals surface area contributed by atoms with E-state index in [0.29, 0.717) is 13.0 Å². The SMILES string of the molecule is O=S(=O)(O)CCCc1cc2sc(C=CC=C3Nc4c(ccc5ccccc45)S3)[n+](CCCS(=O)(=O)O)c2c2ccccc12.[OH-]. The molecule has 0 saturated heterocycles. The smallest absolute Gasteiger partial charge is 0.265 e. The molecule has 0 spiro atoms. The molecule has 44 heavy (non-hydrogen) atoms. The summed E-state index contributed by atoms with van der Waals surface area (Å²) in [6.45, 7) is 0.382. The first-order chi connectivity index (χ1) is 20.6. The Labute approximate surface area is 263 Å². The summed E-state index contributed by atoms with van der Waals surface area (Å²) in [5.41, 5.74) is 3.03. The van der Waals surface area contributed by atoms with E-state index in [0.717, 1.165) is 47.2 Å². The van der Waals surface area contributed by atoms with Crippen LogP contribution in [0.3, 0.4) is 0 Å². The van der Waals surface area contributed by atoms with Crippen LogP contribution < -0.4 is 9.88 Å². The minimum absolute atomic E-state index is 0. The van der Waals surface area contributed by atoms with Crippen LogP contribution in [0.15, 0.2) is 88.8 Å². The number of nitrogens with zero attached hydrogens (tertiary/aromatic N) is 1. The van der Waals surface area contributed by atoms with Gasteiger partial charge in [-0.3, -0.25) is 9.11 Å². The zero-order valence-corrected chi connectivity index (χ0v) is 26.6. The van der Waals surface area contributed by atoms with Crippen LogP contribution in [0.4, 0.5) is 5.69 Å². The Bertz CT molecular complexity index is 2150. The van der Waals surface area contributed by atoms with Gasteiger partial charge in [0.15, 0.2) is 6.54 Å². The van der Waals surface area contributed by atoms with E-state index < -0.39 is 20.2 Å². The second-order valence-corrected chi connectivity index (χ2v) is 15.6. The molecule has 1 aliphatic heterocycles. The van der Waals surface area contributed by atoms with Gasteiger partial charge in [-0.25, -0.2) is 0 Å². The maximum atomic E-state index is 11.5. The molecule has 0 amide bonds. The van der Waals surface area contributed by atoms with Crippen molar-refractivity contribution in [2.45, 2.75) is 30.7 Å². The predicted octanol–water partition coefficient (Wildman–Crippen LogP) is 6.49. The number of aryl methyl sites for hydroxylation is 2. The Morgan fingerprint density at radius 1 is 0.841 bits per heavy atom. The first kappa shape index (κ1) is 32.1. The summed E-state index contributed by atoms with van der Waals surface area (Å²) in [5.74, 6) is -0.656. The van der Waals surface area contributed by atoms with Gasteiger partial charge in [0.25, 0.3) is 25.2 Å². The number of anilines is 1. The summed E-state index contributed by atoms with van der Waals surface area (Å²) in [6.07, 6.45) is 7.00. The Morgan fingerprint density at radius 2 is 1.52 bits per heavy atom. The number of rotatable bonds is 10. The van der Waals surface area contributed by atoms with Gasteiger partial charge in [0.05, 0.1) is 27.6 Å². The second-order valence-electron chi connectivity index (χ2n) is 10.3. The molecule has 5 aromatic rings. The van der Waals surface area contributed by atoms with Crippen LogP contribution in [0.5, 0.6) is 0 Å². The van der Waals surface area contributed by atoms with Crippen LogP contribution in [-0.2, 0) is 33.2 Å². The van der Waals surface area contributed by atoms with Crippen LogP contribution in [0.25, 0.3) is 37.8 Å². The molecule has 4 N–H and O–H groups in total. The molecule has 0 atom stereocenters. The fourth-order valence-electron chi connectivity index (χ4n) is 5.47. The zero-order valence-electron chi connectivity index (χ0n) is 23.4. The quantitative estimate of drug-likeness (QED) is 0.112. The number of thioether (sulfide) groups is 1. The fraction of sp³-hybridized carbons (Fsp3) is 0.194. The molecule has 0 saturated carbocycles. The molecule has 0 bridgehead atoms. The molecule has 1 aliphatic rings. The molecule has 6 rings (SSSR count). The third-order valence-electron chi connectivity index (χ3n) is 7.30. The van der Waals surface area contributed by atoms with Crippen LogP contribution in [0.1, 0.15) is 23.4 Å². The lowest BCUT2D eigenvalue weighted by Crippen LogP contribution is -2.36. The Hall–Kier alpha value is -3.30. The number of nitrogens with one attached hydrogen (secondary N) is 1. The van der Waals surface area contributed by atoms with Gasteiger partial charge in [0, 0.05) is 22.8 Å². The van der Waals surface area contributed by atoms with Crippen LogP contribution >= 0.6 is 23.1 Å². The summed E-state index contributed by atoms with van der Waals surface area (Å²) >= 11 is 3.23. The van der Waals surface area contributed by atoms with Crippen molar-refractivity contribution in [3.63, 3.8) is 0 Å². The fourth-order valence-corrected chi connectivity index (χ4v) is 8.59. The number of aromatic nitrogens is 1. The van der Waals surface area contributed by atoms with Gasteiger partial charge in [-0.2, -0.15) is 21.4 Å². The molecule has 0 radical (unpaired) electrons. The van der Waals surface area contributed by atoms with Gasteiger partial charge in [0.1, 0.15) is 4.70 Å². The van der Waals surface area contributed by atoms with Crippen molar-refractivity contribution >= 4 is 86.9 Å². The van der Waals surface area contributed by atoms with E-state index in [4.69, 9.17) is 0 Å². The molecular weight excluding hydrogens is 641 g/mol. The molecule has 2 heterocycles. The van der Waals surface area contributed by atoms with Crippen molar-refractivity contribution in [2.75, 3.05) is 16.8 Å². The molecular formula is C31H30N2O7S4. The topological polar surface area (TPSA) is 155 Å². The van der Waals surface area contributed by atoms with E-state index in [1.807, 2.05) is 54.6 Å². The van der Waals surface area contributed by atoms with Crippen LogP contribution in [0, 0.1) is 0 Å². The van der Waals surface area contributed by atoms with Crippen molar-refractivity contribution in [3.05, 3.63) is 94.5 Å². The second kappa shape index (κ2) is 13.0. The normalized spacial score (nSPS) is 14.5. The molecule has 9 nitrogen and oxygen atoms in total. The van der Waals surface area contributed by atoms with E-state index in [1.54, 1.807) is 23.1 Å². The first-order valence-corrected chi connectivity index (χ1v) is 18.5. The van der Waals surface area contributed by atoms with Crippen molar-refractivity contribution in [1.29, 1.82) is 0 Å². The molecule has 1 aromatic heterocycles. The third kappa shape index (κ3) is 7.15. The number of fused-ring (bicyclic) bond motifs is 6. The maximum absolute atomic E-state index is 11.5. The van der Waals surface area contributed by atoms with Gasteiger partial charge in [0.2, 0.25) is 5.52 Å². The van der Waals surface area contributed by atoms with E-state index in [1.165, 1.54) is 10.8 Å². The Kier molecular flexibility index (Phi) is 9.47. The number of benzene rings is 4. The standard InChI is InChI=1S/C31H28N2O6S4.H2O/c34-42(35,36)18-6-9-22-20-27-31(25-12-4-3-10-23(22)25)33(17-7-19-43(37,38)39)29(41-27)14-5-13-28-32-30-24-11-2-1-8-21(24)15-16-26(30)40-28;/h1-5,8,10-16,20H,6-7,9,17-19H2,(H2,34,35,36,37,38,39);1H2. The molecule has 230 valence electrons. The summed E-state index contributed by atoms with van der Waals surface area (Å²) < 4.78 is 67.2. The molecule has 13 heteroatoms. The van der Waals surface area contributed by atoms with Gasteiger partial charge in [-0.15, -0.1) is 0 Å². The minimum atomic E-state index is -4.10. The van der Waals surface area contributed by atoms with E-state index in [-0.39, 0.29) is 29.8 Å². The highest BCUT2D eigenvalue weighted by Gasteiger charge is 2.24. The first-order valence-electron chi connectivity index (χ1n) is 13.7. The average molecular weight is 671 g/mol. The number of thiazole rings is 1. The Balaban J connectivity index is 0.00000384. The molecule has 0 fully saturated rings. The zero-order chi connectivity index (χ0) is 30.2. The number of hydrogen-bond donors (Lipinski definition) is 3. The van der Waals surface area contributed by atoms with E-state index in [2.05, 4.69) is 40.2 Å². The van der Waals surface area contributed by atoms with Crippen molar-refractivity contribution < 1.29 is 36.0 Å². The monoisotopic (exact) mass is 670 g/mol. The largest absolute Gasteiger partial charge is 0.870 e. The van der Waals surface area contributed by atoms with Crippen LogP contribution in [0.2, 0.25) is 0 Å². The lowest BCUT2D eigenvalue weighted by Gasteiger charge is -2.07. The van der Waals surface area contributed by atoms with Gasteiger partial charge >= 0.3 is 0 Å². The van der Waals surface area contributed by atoms with Crippen LogP contribution in [-0.4, -0.2) is 42.9 Å². The molecule has 4 aromatic carbocycles. The highest BCUT2D eigenvalue weighted by molar-refractivity contribution is 8.03. The predicted molar refractivity (Wildman–Crippen MR) is 178 cm³/mol. The third-order valence-corrected chi connectivity index (χ3v) is 11.0. The molecule has 0 unspecified atom stereocenters. The summed E-state index contributed by atoms with van der Waals surface area (Å²) in [4.78, 5) is 1.16.